The highest BCUT2D eigenvalue weighted by Gasteiger charge is 2.41. The van der Waals surface area contributed by atoms with E-state index < -0.39 is 10.0 Å². The van der Waals surface area contributed by atoms with Crippen LogP contribution in [0.2, 0.25) is 5.02 Å². The van der Waals surface area contributed by atoms with Crippen molar-refractivity contribution in [2.75, 3.05) is 24.1 Å². The first kappa shape index (κ1) is 14.8. The van der Waals surface area contributed by atoms with Crippen LogP contribution in [-0.2, 0) is 10.0 Å². The number of nitrogens with one attached hydrogen (secondary N) is 1. The maximum absolute atomic E-state index is 12.2. The highest BCUT2D eigenvalue weighted by atomic mass is 35.5. The minimum absolute atomic E-state index is 0.141. The molecule has 2 heterocycles. The fourth-order valence-corrected chi connectivity index (χ4v) is 4.53. The Bertz CT molecular complexity index is 627. The SMILES string of the molecule is Nc1ncnc(NC2CCN(S(=O)(=O)C3CC3)CC2)c1Cl. The Kier molecular flexibility index (Phi) is 3.94. The van der Waals surface area contributed by atoms with Gasteiger partial charge in [-0.15, -0.1) is 0 Å². The molecule has 116 valence electrons. The van der Waals surface area contributed by atoms with E-state index in [-0.39, 0.29) is 17.1 Å². The smallest absolute Gasteiger partial charge is 0.216 e. The average Bonchev–Trinajstić information content (AvgIpc) is 3.29. The van der Waals surface area contributed by atoms with Crippen LogP contribution in [0.1, 0.15) is 25.7 Å². The maximum atomic E-state index is 12.2. The summed E-state index contributed by atoms with van der Waals surface area (Å²) in [5.41, 5.74) is 5.63. The fourth-order valence-electron chi connectivity index (χ4n) is 2.51. The molecule has 0 unspecified atom stereocenters. The van der Waals surface area contributed by atoms with Gasteiger partial charge < -0.3 is 11.1 Å². The van der Waals surface area contributed by atoms with E-state index in [0.29, 0.717) is 23.9 Å². The van der Waals surface area contributed by atoms with Crippen LogP contribution in [-0.4, -0.2) is 47.1 Å². The lowest BCUT2D eigenvalue weighted by molar-refractivity contribution is 0.329. The van der Waals surface area contributed by atoms with E-state index in [1.807, 2.05) is 0 Å². The summed E-state index contributed by atoms with van der Waals surface area (Å²) in [4.78, 5) is 7.88. The minimum Gasteiger partial charge on any atom is -0.382 e. The van der Waals surface area contributed by atoms with E-state index in [4.69, 9.17) is 17.3 Å². The summed E-state index contributed by atoms with van der Waals surface area (Å²) >= 11 is 6.04. The van der Waals surface area contributed by atoms with Crippen molar-refractivity contribution in [1.82, 2.24) is 14.3 Å². The molecule has 7 nitrogen and oxygen atoms in total. The summed E-state index contributed by atoms with van der Waals surface area (Å²) < 4.78 is 25.9. The minimum atomic E-state index is -3.07. The molecule has 9 heteroatoms. The molecule has 1 saturated carbocycles. The van der Waals surface area contributed by atoms with Crippen molar-refractivity contribution in [1.29, 1.82) is 0 Å². The third-order valence-corrected chi connectivity index (χ3v) is 6.69. The van der Waals surface area contributed by atoms with E-state index in [0.717, 1.165) is 25.7 Å². The molecule has 0 bridgehead atoms. The van der Waals surface area contributed by atoms with Gasteiger partial charge in [0.15, 0.2) is 5.82 Å². The lowest BCUT2D eigenvalue weighted by atomic mass is 10.1. The van der Waals surface area contributed by atoms with Gasteiger partial charge in [-0.05, 0) is 25.7 Å². The van der Waals surface area contributed by atoms with Crippen LogP contribution in [0.3, 0.4) is 0 Å². The van der Waals surface area contributed by atoms with Crippen molar-refractivity contribution in [2.45, 2.75) is 37.0 Å². The Labute approximate surface area is 128 Å². The van der Waals surface area contributed by atoms with E-state index in [1.54, 1.807) is 4.31 Å². The van der Waals surface area contributed by atoms with E-state index in [1.165, 1.54) is 6.33 Å². The van der Waals surface area contributed by atoms with Gasteiger partial charge in [0.1, 0.15) is 17.2 Å². The highest BCUT2D eigenvalue weighted by molar-refractivity contribution is 7.90. The predicted molar refractivity (Wildman–Crippen MR) is 81.6 cm³/mol. The second kappa shape index (κ2) is 5.58. The summed E-state index contributed by atoms with van der Waals surface area (Å²) in [6, 6.07) is 0.141. The highest BCUT2D eigenvalue weighted by Crippen LogP contribution is 2.33. The molecular weight excluding hydrogens is 314 g/mol. The molecular formula is C12H18ClN5O2S. The van der Waals surface area contributed by atoms with Crippen molar-refractivity contribution in [3.8, 4) is 0 Å². The van der Waals surface area contributed by atoms with Crippen LogP contribution >= 0.6 is 11.6 Å². The first-order valence-corrected chi connectivity index (χ1v) is 8.88. The number of halogens is 1. The number of piperidine rings is 1. The van der Waals surface area contributed by atoms with Crippen LogP contribution in [0, 0.1) is 0 Å². The van der Waals surface area contributed by atoms with Crippen LogP contribution in [0.15, 0.2) is 6.33 Å². The molecule has 1 aromatic heterocycles. The number of aromatic nitrogens is 2. The second-order valence-corrected chi connectivity index (χ2v) is 8.07. The number of sulfonamides is 1. The molecule has 3 N–H and O–H groups in total. The Morgan fingerprint density at radius 2 is 1.90 bits per heavy atom. The molecule has 2 fully saturated rings. The van der Waals surface area contributed by atoms with Crippen LogP contribution in [0.25, 0.3) is 0 Å². The van der Waals surface area contributed by atoms with Crippen molar-refractivity contribution >= 4 is 33.3 Å². The number of nitrogens with zero attached hydrogens (tertiary/aromatic N) is 3. The van der Waals surface area contributed by atoms with E-state index >= 15 is 0 Å². The third kappa shape index (κ3) is 3.07. The molecule has 1 aromatic rings. The topological polar surface area (TPSA) is 101 Å². The molecule has 0 amide bonds. The number of hydrogen-bond donors (Lipinski definition) is 2. The number of rotatable bonds is 4. The van der Waals surface area contributed by atoms with Crippen LogP contribution in [0.4, 0.5) is 11.6 Å². The zero-order chi connectivity index (χ0) is 15.0. The fraction of sp³-hybridized carbons (Fsp3) is 0.667. The zero-order valence-corrected chi connectivity index (χ0v) is 13.1. The van der Waals surface area contributed by atoms with Crippen LogP contribution in [0.5, 0.6) is 0 Å². The average molecular weight is 332 g/mol. The van der Waals surface area contributed by atoms with Gasteiger partial charge >= 0.3 is 0 Å². The summed E-state index contributed by atoms with van der Waals surface area (Å²) in [6.45, 7) is 1.07. The summed E-state index contributed by atoms with van der Waals surface area (Å²) in [6.07, 6.45) is 4.42. The Hall–Kier alpha value is -1.12. The Morgan fingerprint density at radius 1 is 1.24 bits per heavy atom. The summed E-state index contributed by atoms with van der Waals surface area (Å²) in [7, 11) is -3.07. The second-order valence-electron chi connectivity index (χ2n) is 5.48. The van der Waals surface area contributed by atoms with E-state index in [9.17, 15) is 8.42 Å². The maximum Gasteiger partial charge on any atom is 0.216 e. The largest absolute Gasteiger partial charge is 0.382 e. The summed E-state index contributed by atoms with van der Waals surface area (Å²) in [5, 5.41) is 3.39. The van der Waals surface area contributed by atoms with Crippen molar-refractivity contribution in [3.63, 3.8) is 0 Å². The number of hydrogen-bond acceptors (Lipinski definition) is 6. The molecule has 1 aliphatic heterocycles. The van der Waals surface area contributed by atoms with Crippen molar-refractivity contribution in [3.05, 3.63) is 11.3 Å². The first-order valence-electron chi connectivity index (χ1n) is 7.00. The summed E-state index contributed by atoms with van der Waals surface area (Å²) in [5.74, 6) is 0.746. The Balaban J connectivity index is 1.60. The van der Waals surface area contributed by atoms with Gasteiger partial charge in [0.25, 0.3) is 0 Å². The van der Waals surface area contributed by atoms with Gasteiger partial charge in [-0.2, -0.15) is 0 Å². The quantitative estimate of drug-likeness (QED) is 0.856. The first-order chi connectivity index (χ1) is 9.98. The lowest BCUT2D eigenvalue weighted by Crippen LogP contribution is -2.43. The molecule has 0 aromatic carbocycles. The monoisotopic (exact) mass is 331 g/mol. The predicted octanol–water partition coefficient (Wildman–Crippen LogP) is 1.08. The van der Waals surface area contributed by atoms with Gasteiger partial charge in [-0.3, -0.25) is 0 Å². The van der Waals surface area contributed by atoms with Crippen molar-refractivity contribution < 1.29 is 8.42 Å². The molecule has 0 spiro atoms. The van der Waals surface area contributed by atoms with Gasteiger partial charge in [0.05, 0.1) is 5.25 Å². The Morgan fingerprint density at radius 3 is 2.52 bits per heavy atom. The lowest BCUT2D eigenvalue weighted by Gasteiger charge is -2.32. The molecule has 1 aliphatic carbocycles. The molecule has 0 radical (unpaired) electrons. The number of anilines is 2. The normalized spacial score (nSPS) is 21.4. The zero-order valence-electron chi connectivity index (χ0n) is 11.5. The standard InChI is InChI=1S/C12H18ClN5O2S/c13-10-11(14)15-7-16-12(10)17-8-3-5-18(6-4-8)21(19,20)9-1-2-9/h7-9H,1-6H2,(H3,14,15,16,17). The van der Waals surface area contributed by atoms with Gasteiger partial charge in [-0.25, -0.2) is 22.7 Å². The van der Waals surface area contributed by atoms with Gasteiger partial charge in [0, 0.05) is 19.1 Å². The van der Waals surface area contributed by atoms with Crippen molar-refractivity contribution in [2.24, 2.45) is 0 Å². The molecule has 21 heavy (non-hydrogen) atoms. The third-order valence-electron chi connectivity index (χ3n) is 3.92. The molecule has 1 saturated heterocycles. The molecule has 3 rings (SSSR count). The molecule has 0 atom stereocenters. The molecule has 2 aliphatic rings. The number of nitrogens with two attached hydrogens (primary N) is 1. The van der Waals surface area contributed by atoms with Gasteiger partial charge in [-0.1, -0.05) is 11.6 Å². The van der Waals surface area contributed by atoms with Crippen LogP contribution < -0.4 is 11.1 Å². The van der Waals surface area contributed by atoms with E-state index in [2.05, 4.69) is 15.3 Å². The van der Waals surface area contributed by atoms with Gasteiger partial charge in [0.2, 0.25) is 10.0 Å². The number of nitrogen functional groups attached to an aromatic ring is 1.